The molecule has 0 saturated carbocycles. The van der Waals surface area contributed by atoms with Crippen LogP contribution >= 0.6 is 0 Å². The standard InChI is InChI=1S/C16H19F3N6O3S/c1-20-29(2,26,27)10-3-4-12(28-6-5-16(17,18)19)11(7-10)25-15-13-14(22-8-21-13)23-9-24-15/h3-4,7-9H,5-6H2,1-2H3,(H2,20,26,27)(H2,21,22,23,24,25). The number of rotatable bonds is 7. The first-order valence-electron chi connectivity index (χ1n) is 8.30. The Morgan fingerprint density at radius 1 is 1.28 bits per heavy atom. The number of aromatic amines is 1. The number of anilines is 2. The predicted octanol–water partition coefficient (Wildman–Crippen LogP) is 2.84. The first kappa shape index (κ1) is 21.0. The van der Waals surface area contributed by atoms with E-state index in [4.69, 9.17) is 4.74 Å². The average molecular weight is 432 g/mol. The Morgan fingerprint density at radius 3 is 2.72 bits per heavy atom. The van der Waals surface area contributed by atoms with Crippen molar-refractivity contribution in [2.75, 3.05) is 25.2 Å². The number of hydrogen-bond acceptors (Lipinski definition) is 6. The van der Waals surface area contributed by atoms with Crippen molar-refractivity contribution in [1.82, 2.24) is 24.7 Å². The number of aromatic nitrogens is 4. The maximum Gasteiger partial charge on any atom is 0.392 e. The van der Waals surface area contributed by atoms with Crippen LogP contribution < -0.4 is 14.8 Å². The van der Waals surface area contributed by atoms with Crippen molar-refractivity contribution < 1.29 is 26.7 Å². The second kappa shape index (κ2) is 7.24. The van der Waals surface area contributed by atoms with E-state index in [0.29, 0.717) is 11.2 Å². The lowest BCUT2D eigenvalue weighted by Gasteiger charge is -2.38. The molecular weight excluding hydrogens is 413 g/mol. The van der Waals surface area contributed by atoms with Crippen LogP contribution in [0.1, 0.15) is 6.42 Å². The van der Waals surface area contributed by atoms with E-state index < -0.39 is 28.7 Å². The molecule has 3 aromatic rings. The van der Waals surface area contributed by atoms with E-state index in [1.807, 2.05) is 0 Å². The number of fused-ring (bicyclic) bond motifs is 1. The molecule has 0 aliphatic rings. The highest BCUT2D eigenvalue weighted by Gasteiger charge is 2.28. The Labute approximate surface area is 163 Å². The minimum atomic E-state index is -4.37. The number of alkyl halides is 3. The zero-order chi connectivity index (χ0) is 21.3. The van der Waals surface area contributed by atoms with Gasteiger partial charge in [0.1, 0.15) is 17.6 Å². The summed E-state index contributed by atoms with van der Waals surface area (Å²) >= 11 is 0. The zero-order valence-corrected chi connectivity index (χ0v) is 16.3. The van der Waals surface area contributed by atoms with E-state index >= 15 is 0 Å². The van der Waals surface area contributed by atoms with Crippen LogP contribution in [0.4, 0.5) is 24.7 Å². The second-order valence-corrected chi connectivity index (χ2v) is 9.75. The first-order valence-corrected chi connectivity index (χ1v) is 10.6. The fourth-order valence-electron chi connectivity index (χ4n) is 2.41. The molecule has 9 nitrogen and oxygen atoms in total. The largest absolute Gasteiger partial charge is 0.491 e. The van der Waals surface area contributed by atoms with Crippen LogP contribution in [0.3, 0.4) is 0 Å². The van der Waals surface area contributed by atoms with Crippen molar-refractivity contribution in [3.63, 3.8) is 0 Å². The molecule has 0 atom stereocenters. The molecule has 13 heteroatoms. The zero-order valence-electron chi connectivity index (χ0n) is 15.4. The van der Waals surface area contributed by atoms with Gasteiger partial charge in [0.25, 0.3) is 0 Å². The maximum atomic E-state index is 12.8. The molecule has 0 amide bonds. The number of halogens is 3. The van der Waals surface area contributed by atoms with E-state index in [1.165, 1.54) is 37.9 Å². The second-order valence-electron chi connectivity index (χ2n) is 6.31. The minimum Gasteiger partial charge on any atom is -0.491 e. The van der Waals surface area contributed by atoms with Crippen LogP contribution in [0.25, 0.3) is 11.2 Å². The molecule has 0 spiro atoms. The topological polar surface area (TPSA) is 125 Å². The molecule has 2 aromatic heterocycles. The van der Waals surface area contributed by atoms with Gasteiger partial charge < -0.3 is 15.0 Å². The van der Waals surface area contributed by atoms with Crippen molar-refractivity contribution in [3.8, 4) is 5.75 Å². The highest BCUT2D eigenvalue weighted by atomic mass is 32.3. The molecule has 0 aliphatic heterocycles. The number of nitrogens with one attached hydrogen (secondary N) is 3. The molecule has 0 aliphatic carbocycles. The van der Waals surface area contributed by atoms with Crippen LogP contribution in [-0.4, -0.2) is 54.8 Å². The number of hydrogen-bond donors (Lipinski definition) is 4. The molecule has 0 unspecified atom stereocenters. The normalized spacial score (nSPS) is 13.8. The SMILES string of the molecule is CNS(C)(=O)(O)c1ccc(OCCC(F)(F)F)c(Nc2ncnc3nc[nH]c23)c1. The summed E-state index contributed by atoms with van der Waals surface area (Å²) in [5.74, 6) is 0.330. The van der Waals surface area contributed by atoms with Gasteiger partial charge in [-0.3, -0.25) is 4.55 Å². The van der Waals surface area contributed by atoms with Gasteiger partial charge in [0.2, 0.25) is 0 Å². The molecule has 158 valence electrons. The summed E-state index contributed by atoms with van der Waals surface area (Å²) in [4.78, 5) is 14.9. The Hall–Kier alpha value is -2.77. The molecule has 4 N–H and O–H groups in total. The lowest BCUT2D eigenvalue weighted by molar-refractivity contribution is -0.139. The monoisotopic (exact) mass is 432 g/mol. The predicted molar refractivity (Wildman–Crippen MR) is 102 cm³/mol. The Kier molecular flexibility index (Phi) is 5.23. The van der Waals surface area contributed by atoms with Gasteiger partial charge in [-0.2, -0.15) is 17.4 Å². The van der Waals surface area contributed by atoms with Crippen molar-refractivity contribution in [2.45, 2.75) is 17.5 Å². The summed E-state index contributed by atoms with van der Waals surface area (Å²) in [6.07, 6.45) is -1.73. The molecule has 0 radical (unpaired) electrons. The van der Waals surface area contributed by atoms with Gasteiger partial charge in [-0.05, 0) is 18.2 Å². The smallest absolute Gasteiger partial charge is 0.392 e. The number of H-pyrrole nitrogens is 1. The van der Waals surface area contributed by atoms with Crippen LogP contribution in [0.2, 0.25) is 0 Å². The van der Waals surface area contributed by atoms with E-state index in [9.17, 15) is 21.9 Å². The van der Waals surface area contributed by atoms with Crippen molar-refractivity contribution >= 4 is 32.2 Å². The van der Waals surface area contributed by atoms with Gasteiger partial charge in [0.15, 0.2) is 11.5 Å². The summed E-state index contributed by atoms with van der Waals surface area (Å²) in [5.41, 5.74) is 0.975. The number of ether oxygens (including phenoxy) is 1. The van der Waals surface area contributed by atoms with Crippen molar-refractivity contribution in [2.24, 2.45) is 0 Å². The van der Waals surface area contributed by atoms with Crippen LogP contribution in [0.5, 0.6) is 5.75 Å². The summed E-state index contributed by atoms with van der Waals surface area (Å²) in [6.45, 7) is -0.614. The van der Waals surface area contributed by atoms with E-state index in [1.54, 1.807) is 0 Å². The number of benzene rings is 1. The van der Waals surface area contributed by atoms with Crippen molar-refractivity contribution in [3.05, 3.63) is 30.9 Å². The van der Waals surface area contributed by atoms with Gasteiger partial charge in [0, 0.05) is 13.3 Å². The van der Waals surface area contributed by atoms with E-state index in [-0.39, 0.29) is 22.2 Å². The third-order valence-corrected chi connectivity index (χ3v) is 6.43. The summed E-state index contributed by atoms with van der Waals surface area (Å²) in [5, 5.41) is 2.91. The molecule has 2 heterocycles. The molecule has 3 rings (SSSR count). The van der Waals surface area contributed by atoms with Gasteiger partial charge in [-0.25, -0.2) is 19.7 Å². The molecule has 29 heavy (non-hydrogen) atoms. The minimum absolute atomic E-state index is 0.0186. The summed E-state index contributed by atoms with van der Waals surface area (Å²) in [6, 6.07) is 3.95. The average Bonchev–Trinajstić information content (AvgIpc) is 3.11. The van der Waals surface area contributed by atoms with Crippen LogP contribution in [-0.2, 0) is 9.53 Å². The molecule has 0 fully saturated rings. The summed E-state index contributed by atoms with van der Waals surface area (Å²) in [7, 11) is -3.04. The lowest BCUT2D eigenvalue weighted by atomic mass is 10.3. The Bertz CT molecular complexity index is 1090. The molecule has 0 bridgehead atoms. The lowest BCUT2D eigenvalue weighted by Crippen LogP contribution is -2.43. The Balaban J connectivity index is 2.00. The fourth-order valence-corrected chi connectivity index (χ4v) is 3.43. The van der Waals surface area contributed by atoms with Gasteiger partial charge in [-0.15, -0.1) is 9.53 Å². The highest BCUT2D eigenvalue weighted by Crippen LogP contribution is 2.36. The van der Waals surface area contributed by atoms with E-state index in [2.05, 4.69) is 30.0 Å². The Morgan fingerprint density at radius 2 is 2.03 bits per heavy atom. The van der Waals surface area contributed by atoms with Crippen LogP contribution in [0, 0.1) is 0 Å². The summed E-state index contributed by atoms with van der Waals surface area (Å²) < 4.78 is 68.3. The first-order chi connectivity index (χ1) is 13.5. The quantitative estimate of drug-likeness (QED) is 0.452. The maximum absolute atomic E-state index is 12.8. The fraction of sp³-hybridized carbons (Fsp3) is 0.312. The van der Waals surface area contributed by atoms with Gasteiger partial charge in [0.05, 0.1) is 29.9 Å². The molecule has 0 saturated heterocycles. The highest BCUT2D eigenvalue weighted by molar-refractivity contribution is 8.12. The molecule has 1 aromatic carbocycles. The number of imidazole rings is 1. The van der Waals surface area contributed by atoms with Crippen LogP contribution in [0.15, 0.2) is 35.7 Å². The third kappa shape index (κ3) is 4.81. The number of nitrogens with zero attached hydrogens (tertiary/aromatic N) is 3. The van der Waals surface area contributed by atoms with Gasteiger partial charge >= 0.3 is 6.18 Å². The third-order valence-electron chi connectivity index (χ3n) is 4.11. The van der Waals surface area contributed by atoms with Gasteiger partial charge in [-0.1, -0.05) is 0 Å². The molecular formula is C16H19F3N6O3S. The van der Waals surface area contributed by atoms with Crippen molar-refractivity contribution in [1.29, 1.82) is 0 Å². The van der Waals surface area contributed by atoms with E-state index in [0.717, 1.165) is 6.26 Å².